The predicted molar refractivity (Wildman–Crippen MR) is 78.3 cm³/mol. The van der Waals surface area contributed by atoms with Gasteiger partial charge in [0.1, 0.15) is 5.82 Å². The van der Waals surface area contributed by atoms with Gasteiger partial charge < -0.3 is 5.11 Å². The molecule has 0 radical (unpaired) electrons. The van der Waals surface area contributed by atoms with E-state index in [9.17, 15) is 17.9 Å². The summed E-state index contributed by atoms with van der Waals surface area (Å²) >= 11 is 0. The average molecular weight is 316 g/mol. The minimum atomic E-state index is -3.57. The van der Waals surface area contributed by atoms with Gasteiger partial charge in [-0.2, -0.15) is 17.0 Å². The second-order valence-electron chi connectivity index (χ2n) is 5.29. The van der Waals surface area contributed by atoms with Gasteiger partial charge in [-0.25, -0.2) is 4.39 Å². The maximum absolute atomic E-state index is 12.9. The van der Waals surface area contributed by atoms with Gasteiger partial charge in [0.2, 0.25) is 0 Å². The Morgan fingerprint density at radius 1 is 1.33 bits per heavy atom. The maximum atomic E-state index is 12.9. The Bertz CT molecular complexity index is 572. The minimum Gasteiger partial charge on any atom is -0.387 e. The minimum absolute atomic E-state index is 0.0109. The second-order valence-corrected chi connectivity index (χ2v) is 7.28. The van der Waals surface area contributed by atoms with Crippen LogP contribution in [0.2, 0.25) is 0 Å². The molecular weight excluding hydrogens is 295 g/mol. The van der Waals surface area contributed by atoms with E-state index < -0.39 is 16.3 Å². The number of nitrogens with zero attached hydrogens (tertiary/aromatic N) is 2. The zero-order valence-electron chi connectivity index (χ0n) is 12.2. The van der Waals surface area contributed by atoms with Crippen molar-refractivity contribution in [1.82, 2.24) is 8.61 Å². The van der Waals surface area contributed by atoms with Crippen LogP contribution in [0.1, 0.15) is 31.4 Å². The molecule has 0 amide bonds. The van der Waals surface area contributed by atoms with Crippen molar-refractivity contribution in [2.75, 3.05) is 20.1 Å². The normalized spacial score (nSPS) is 17.4. The fourth-order valence-corrected chi connectivity index (χ4v) is 3.70. The summed E-state index contributed by atoms with van der Waals surface area (Å²) in [6.07, 6.45) is 0.658. The first-order chi connectivity index (χ1) is 9.86. The Balaban J connectivity index is 2.15. The number of halogens is 1. The van der Waals surface area contributed by atoms with E-state index in [-0.39, 0.29) is 18.4 Å². The first-order valence-electron chi connectivity index (χ1n) is 7.03. The van der Waals surface area contributed by atoms with Crippen LogP contribution in [0, 0.1) is 5.82 Å². The first-order valence-corrected chi connectivity index (χ1v) is 8.42. The lowest BCUT2D eigenvalue weighted by atomic mass is 10.1. The number of rotatable bonds is 7. The molecule has 21 heavy (non-hydrogen) atoms. The van der Waals surface area contributed by atoms with Gasteiger partial charge >= 0.3 is 0 Å². The summed E-state index contributed by atoms with van der Waals surface area (Å²) in [5, 5.41) is 10.2. The molecule has 1 aliphatic carbocycles. The molecular formula is C14H21FN2O3S. The monoisotopic (exact) mass is 316 g/mol. The first kappa shape index (κ1) is 16.4. The van der Waals surface area contributed by atoms with E-state index in [4.69, 9.17) is 0 Å². The zero-order chi connectivity index (χ0) is 15.6. The molecule has 5 nitrogen and oxygen atoms in total. The molecule has 0 unspecified atom stereocenters. The molecule has 0 aliphatic heterocycles. The Morgan fingerprint density at radius 3 is 2.38 bits per heavy atom. The van der Waals surface area contributed by atoms with Crippen molar-refractivity contribution in [3.8, 4) is 0 Å². The van der Waals surface area contributed by atoms with Crippen molar-refractivity contribution in [3.63, 3.8) is 0 Å². The van der Waals surface area contributed by atoms with Gasteiger partial charge in [-0.1, -0.05) is 19.1 Å². The molecule has 2 rings (SSSR count). The zero-order valence-corrected chi connectivity index (χ0v) is 13.1. The fraction of sp³-hybridized carbons (Fsp3) is 0.571. The molecule has 0 saturated heterocycles. The number of aliphatic hydroxyl groups excluding tert-OH is 1. The summed E-state index contributed by atoms with van der Waals surface area (Å²) in [6, 6.07) is 5.42. The third kappa shape index (κ3) is 3.79. The summed E-state index contributed by atoms with van der Waals surface area (Å²) in [7, 11) is -2.04. The van der Waals surface area contributed by atoms with Crippen LogP contribution in [0.3, 0.4) is 0 Å². The average Bonchev–Trinajstić information content (AvgIpc) is 3.28. The van der Waals surface area contributed by atoms with Crippen LogP contribution in [0.4, 0.5) is 4.39 Å². The topological polar surface area (TPSA) is 60.9 Å². The summed E-state index contributed by atoms with van der Waals surface area (Å²) in [6.45, 7) is 2.13. The van der Waals surface area contributed by atoms with E-state index >= 15 is 0 Å². The third-order valence-corrected chi connectivity index (χ3v) is 5.78. The Hall–Kier alpha value is -1.02. The lowest BCUT2D eigenvalue weighted by molar-refractivity contribution is 0.142. The molecule has 1 atom stereocenters. The van der Waals surface area contributed by atoms with Crippen LogP contribution >= 0.6 is 0 Å². The van der Waals surface area contributed by atoms with E-state index in [0.29, 0.717) is 12.1 Å². The summed E-state index contributed by atoms with van der Waals surface area (Å²) in [5.41, 5.74) is 0.511. The molecule has 1 N–H and O–H groups in total. The molecule has 1 fully saturated rings. The van der Waals surface area contributed by atoms with Gasteiger partial charge in [0, 0.05) is 26.2 Å². The molecule has 7 heteroatoms. The molecule has 0 aromatic heterocycles. The number of benzene rings is 1. The predicted octanol–water partition coefficient (Wildman–Crippen LogP) is 1.52. The van der Waals surface area contributed by atoms with E-state index in [2.05, 4.69) is 0 Å². The molecule has 1 saturated carbocycles. The lowest BCUT2D eigenvalue weighted by Gasteiger charge is -2.28. The number of hydrogen-bond acceptors (Lipinski definition) is 3. The highest BCUT2D eigenvalue weighted by Gasteiger charge is 2.40. The fourth-order valence-electron chi connectivity index (χ4n) is 2.10. The lowest BCUT2D eigenvalue weighted by Crippen LogP contribution is -2.44. The van der Waals surface area contributed by atoms with Crippen molar-refractivity contribution in [1.29, 1.82) is 0 Å². The SMILES string of the molecule is CCN(C)S(=O)(=O)N(C[C@@H](O)c1ccc(F)cc1)C1CC1. The van der Waals surface area contributed by atoms with Gasteiger partial charge in [0.15, 0.2) is 0 Å². The van der Waals surface area contributed by atoms with Crippen LogP contribution in [0.15, 0.2) is 24.3 Å². The quantitative estimate of drug-likeness (QED) is 0.830. The van der Waals surface area contributed by atoms with Gasteiger partial charge in [-0.15, -0.1) is 0 Å². The van der Waals surface area contributed by atoms with Crippen LogP contribution in [-0.2, 0) is 10.2 Å². The Labute approximate surface area is 125 Å². The highest BCUT2D eigenvalue weighted by Crippen LogP contribution is 2.32. The Kier molecular flexibility index (Phi) is 4.98. The molecule has 1 aromatic carbocycles. The van der Waals surface area contributed by atoms with Crippen LogP contribution in [0.25, 0.3) is 0 Å². The Morgan fingerprint density at radius 2 is 1.90 bits per heavy atom. The highest BCUT2D eigenvalue weighted by molar-refractivity contribution is 7.86. The van der Waals surface area contributed by atoms with Crippen molar-refractivity contribution in [2.24, 2.45) is 0 Å². The summed E-state index contributed by atoms with van der Waals surface area (Å²) in [4.78, 5) is 0. The van der Waals surface area contributed by atoms with E-state index in [0.717, 1.165) is 12.8 Å². The van der Waals surface area contributed by atoms with E-state index in [1.165, 1.54) is 39.9 Å². The molecule has 0 spiro atoms. The molecule has 0 bridgehead atoms. The number of hydrogen-bond donors (Lipinski definition) is 1. The van der Waals surface area contributed by atoms with Crippen molar-refractivity contribution in [3.05, 3.63) is 35.6 Å². The van der Waals surface area contributed by atoms with Gasteiger partial charge in [0.25, 0.3) is 10.2 Å². The van der Waals surface area contributed by atoms with Crippen molar-refractivity contribution < 1.29 is 17.9 Å². The smallest absolute Gasteiger partial charge is 0.282 e. The maximum Gasteiger partial charge on any atom is 0.282 e. The second kappa shape index (κ2) is 6.39. The van der Waals surface area contributed by atoms with Crippen molar-refractivity contribution in [2.45, 2.75) is 31.9 Å². The molecule has 118 valence electrons. The van der Waals surface area contributed by atoms with E-state index in [1.54, 1.807) is 6.92 Å². The van der Waals surface area contributed by atoms with Gasteiger partial charge in [-0.3, -0.25) is 0 Å². The number of aliphatic hydroxyl groups is 1. The standard InChI is InChI=1S/C14H21FN2O3S/c1-3-16(2)21(19,20)17(13-8-9-13)10-14(18)11-4-6-12(15)7-5-11/h4-7,13-14,18H,3,8-10H2,1-2H3/t14-/m1/s1. The van der Waals surface area contributed by atoms with Crippen LogP contribution in [0.5, 0.6) is 0 Å². The summed E-state index contributed by atoms with van der Waals surface area (Å²) < 4.78 is 40.4. The van der Waals surface area contributed by atoms with Crippen LogP contribution in [-0.4, -0.2) is 48.3 Å². The van der Waals surface area contributed by atoms with Crippen LogP contribution < -0.4 is 0 Å². The van der Waals surface area contributed by atoms with Gasteiger partial charge in [-0.05, 0) is 30.5 Å². The van der Waals surface area contributed by atoms with Gasteiger partial charge in [0.05, 0.1) is 6.10 Å². The largest absolute Gasteiger partial charge is 0.387 e. The van der Waals surface area contributed by atoms with E-state index in [1.807, 2.05) is 0 Å². The molecule has 1 aromatic rings. The highest BCUT2D eigenvalue weighted by atomic mass is 32.2. The third-order valence-electron chi connectivity index (χ3n) is 3.70. The van der Waals surface area contributed by atoms with Crippen molar-refractivity contribution >= 4 is 10.2 Å². The summed E-state index contributed by atoms with van der Waals surface area (Å²) in [5.74, 6) is -0.386. The molecule has 1 aliphatic rings. The molecule has 0 heterocycles.